The van der Waals surface area contributed by atoms with Gasteiger partial charge in [-0.25, -0.2) is 15.0 Å². The van der Waals surface area contributed by atoms with Crippen LogP contribution in [0.5, 0.6) is 0 Å². The fourth-order valence-electron chi connectivity index (χ4n) is 7.31. The number of hydrogen-bond acceptors (Lipinski definition) is 4. The summed E-state index contributed by atoms with van der Waals surface area (Å²) in [5.74, 6) is 1.97. The highest BCUT2D eigenvalue weighted by atomic mass is 32.1. The Kier molecular flexibility index (Phi) is 7.00. The monoisotopic (exact) mass is 667 g/mol. The standard InChI is InChI=1S/C47H29N3S/c1-2-12-30(13-3-1)36-28-29-41(38-18-7-6-17-37(36)38)46-48-45(33-26-24-32(25-27-33)35-20-10-15-31-14-4-5-16-34(31)35)49-47(50-46)42-22-11-21-40-39-19-8-9-23-43(39)51-44(40)42/h1-29H. The van der Waals surface area contributed by atoms with E-state index in [1.54, 1.807) is 11.3 Å². The van der Waals surface area contributed by atoms with E-state index in [2.05, 4.69) is 176 Å². The molecule has 0 spiro atoms. The van der Waals surface area contributed by atoms with E-state index in [-0.39, 0.29) is 0 Å². The average Bonchev–Trinajstić information content (AvgIpc) is 3.59. The summed E-state index contributed by atoms with van der Waals surface area (Å²) in [6.07, 6.45) is 0. The normalized spacial score (nSPS) is 11.5. The van der Waals surface area contributed by atoms with Crippen LogP contribution in [-0.2, 0) is 0 Å². The first kappa shape index (κ1) is 29.4. The van der Waals surface area contributed by atoms with Gasteiger partial charge in [0.15, 0.2) is 17.5 Å². The predicted octanol–water partition coefficient (Wildman–Crippen LogP) is 12.9. The Bertz CT molecular complexity index is 2900. The number of rotatable bonds is 5. The first-order chi connectivity index (χ1) is 25.3. The van der Waals surface area contributed by atoms with Crippen molar-refractivity contribution in [2.75, 3.05) is 0 Å². The first-order valence-electron chi connectivity index (χ1n) is 17.1. The first-order valence-corrected chi connectivity index (χ1v) is 17.9. The van der Waals surface area contributed by atoms with E-state index in [1.807, 2.05) is 0 Å². The summed E-state index contributed by atoms with van der Waals surface area (Å²) in [6, 6.07) is 62.1. The second-order valence-corrected chi connectivity index (χ2v) is 13.8. The molecule has 0 fully saturated rings. The van der Waals surface area contributed by atoms with Crippen LogP contribution in [0.2, 0.25) is 0 Å². The van der Waals surface area contributed by atoms with Crippen molar-refractivity contribution in [3.63, 3.8) is 0 Å². The Morgan fingerprint density at radius 2 is 0.804 bits per heavy atom. The van der Waals surface area contributed by atoms with Gasteiger partial charge in [-0.15, -0.1) is 11.3 Å². The molecule has 0 saturated heterocycles. The summed E-state index contributed by atoms with van der Waals surface area (Å²) in [5, 5.41) is 7.20. The number of hydrogen-bond donors (Lipinski definition) is 0. The molecule has 0 bridgehead atoms. The van der Waals surface area contributed by atoms with Crippen LogP contribution >= 0.6 is 11.3 Å². The van der Waals surface area contributed by atoms with E-state index in [9.17, 15) is 0 Å². The zero-order valence-electron chi connectivity index (χ0n) is 27.5. The lowest BCUT2D eigenvalue weighted by atomic mass is 9.94. The molecule has 0 saturated carbocycles. The van der Waals surface area contributed by atoms with Crippen LogP contribution in [0.25, 0.3) is 98.1 Å². The van der Waals surface area contributed by atoms with Crippen LogP contribution in [0.1, 0.15) is 0 Å². The number of fused-ring (bicyclic) bond motifs is 5. The minimum absolute atomic E-state index is 0.647. The van der Waals surface area contributed by atoms with Crippen LogP contribution in [0.3, 0.4) is 0 Å². The van der Waals surface area contributed by atoms with Gasteiger partial charge in [-0.3, -0.25) is 0 Å². The van der Waals surface area contributed by atoms with Crippen molar-refractivity contribution in [1.82, 2.24) is 15.0 Å². The molecule has 0 unspecified atom stereocenters. The zero-order chi connectivity index (χ0) is 33.7. The molecule has 0 aliphatic carbocycles. The highest BCUT2D eigenvalue weighted by molar-refractivity contribution is 7.26. The van der Waals surface area contributed by atoms with E-state index in [1.165, 1.54) is 47.6 Å². The maximum absolute atomic E-state index is 5.26. The second-order valence-electron chi connectivity index (χ2n) is 12.8. The quantitative estimate of drug-likeness (QED) is 0.183. The van der Waals surface area contributed by atoms with Gasteiger partial charge >= 0.3 is 0 Å². The number of thiophene rings is 1. The molecule has 4 heteroatoms. The molecule has 3 nitrogen and oxygen atoms in total. The minimum Gasteiger partial charge on any atom is -0.208 e. The fourth-order valence-corrected chi connectivity index (χ4v) is 8.52. The Balaban J connectivity index is 1.18. The fraction of sp³-hybridized carbons (Fsp3) is 0. The van der Waals surface area contributed by atoms with Crippen molar-refractivity contribution < 1.29 is 0 Å². The molecule has 2 aromatic heterocycles. The van der Waals surface area contributed by atoms with E-state index in [4.69, 9.17) is 15.0 Å². The summed E-state index contributed by atoms with van der Waals surface area (Å²) in [6.45, 7) is 0. The van der Waals surface area contributed by atoms with Crippen molar-refractivity contribution in [1.29, 1.82) is 0 Å². The van der Waals surface area contributed by atoms with Crippen LogP contribution in [0.4, 0.5) is 0 Å². The molecule has 0 radical (unpaired) electrons. The van der Waals surface area contributed by atoms with E-state index in [0.717, 1.165) is 33.0 Å². The van der Waals surface area contributed by atoms with Crippen molar-refractivity contribution >= 4 is 53.1 Å². The van der Waals surface area contributed by atoms with Gasteiger partial charge in [0.25, 0.3) is 0 Å². The summed E-state index contributed by atoms with van der Waals surface area (Å²) >= 11 is 1.79. The summed E-state index contributed by atoms with van der Waals surface area (Å²) in [7, 11) is 0. The lowest BCUT2D eigenvalue weighted by Crippen LogP contribution is -2.01. The summed E-state index contributed by atoms with van der Waals surface area (Å²) < 4.78 is 2.43. The number of benzene rings is 8. The molecule has 0 amide bonds. The molecule has 10 rings (SSSR count). The van der Waals surface area contributed by atoms with Gasteiger partial charge in [0, 0.05) is 36.9 Å². The highest BCUT2D eigenvalue weighted by Crippen LogP contribution is 2.41. The third-order valence-electron chi connectivity index (χ3n) is 9.77. The van der Waals surface area contributed by atoms with Gasteiger partial charge in [0.1, 0.15) is 0 Å². The van der Waals surface area contributed by atoms with E-state index >= 15 is 0 Å². The Labute approximate surface area is 299 Å². The molecular formula is C47H29N3S. The Morgan fingerprint density at radius 3 is 1.63 bits per heavy atom. The molecular weight excluding hydrogens is 639 g/mol. The SMILES string of the molecule is c1ccc(-c2ccc(-c3nc(-c4ccc(-c5cccc6ccccc56)cc4)nc(-c4cccc5c4sc4ccccc45)n3)c3ccccc23)cc1. The Hall–Kier alpha value is -6.49. The van der Waals surface area contributed by atoms with Crippen LogP contribution in [-0.4, -0.2) is 15.0 Å². The van der Waals surface area contributed by atoms with Crippen LogP contribution in [0, 0.1) is 0 Å². The van der Waals surface area contributed by atoms with Gasteiger partial charge in [-0.1, -0.05) is 158 Å². The maximum Gasteiger partial charge on any atom is 0.165 e. The maximum atomic E-state index is 5.26. The molecule has 51 heavy (non-hydrogen) atoms. The van der Waals surface area contributed by atoms with Gasteiger partial charge in [-0.2, -0.15) is 0 Å². The highest BCUT2D eigenvalue weighted by Gasteiger charge is 2.19. The molecule has 0 aliphatic rings. The molecule has 238 valence electrons. The van der Waals surface area contributed by atoms with Gasteiger partial charge < -0.3 is 0 Å². The van der Waals surface area contributed by atoms with Crippen molar-refractivity contribution in [3.05, 3.63) is 176 Å². The molecule has 2 heterocycles. The van der Waals surface area contributed by atoms with Crippen molar-refractivity contribution in [2.24, 2.45) is 0 Å². The lowest BCUT2D eigenvalue weighted by Gasteiger charge is -2.13. The Morgan fingerprint density at radius 1 is 0.294 bits per heavy atom. The van der Waals surface area contributed by atoms with Gasteiger partial charge in [-0.05, 0) is 62.0 Å². The van der Waals surface area contributed by atoms with E-state index < -0.39 is 0 Å². The summed E-state index contributed by atoms with van der Waals surface area (Å²) in [5.41, 5.74) is 7.66. The molecule has 8 aromatic carbocycles. The third kappa shape index (κ3) is 5.08. The van der Waals surface area contributed by atoms with Crippen LogP contribution in [0.15, 0.2) is 176 Å². The average molecular weight is 668 g/mol. The predicted molar refractivity (Wildman–Crippen MR) is 215 cm³/mol. The molecule has 0 N–H and O–H groups in total. The molecule has 0 atom stereocenters. The lowest BCUT2D eigenvalue weighted by molar-refractivity contribution is 1.08. The molecule has 0 aliphatic heterocycles. The van der Waals surface area contributed by atoms with E-state index in [0.29, 0.717) is 17.5 Å². The number of nitrogens with zero attached hydrogens (tertiary/aromatic N) is 3. The topological polar surface area (TPSA) is 38.7 Å². The van der Waals surface area contributed by atoms with Crippen LogP contribution < -0.4 is 0 Å². The van der Waals surface area contributed by atoms with Gasteiger partial charge in [0.05, 0.1) is 0 Å². The van der Waals surface area contributed by atoms with Gasteiger partial charge in [0.2, 0.25) is 0 Å². The zero-order valence-corrected chi connectivity index (χ0v) is 28.3. The smallest absolute Gasteiger partial charge is 0.165 e. The molecule has 10 aromatic rings. The third-order valence-corrected chi connectivity index (χ3v) is 11.0. The minimum atomic E-state index is 0.647. The van der Waals surface area contributed by atoms with Crippen molar-refractivity contribution in [2.45, 2.75) is 0 Å². The largest absolute Gasteiger partial charge is 0.208 e. The summed E-state index contributed by atoms with van der Waals surface area (Å²) in [4.78, 5) is 15.7. The van der Waals surface area contributed by atoms with Crippen molar-refractivity contribution in [3.8, 4) is 56.4 Å². The number of aromatic nitrogens is 3. The second kappa shape index (κ2) is 12.1.